The van der Waals surface area contributed by atoms with Gasteiger partial charge in [0, 0.05) is 10.7 Å². The highest BCUT2D eigenvalue weighted by Gasteiger charge is 2.11. The van der Waals surface area contributed by atoms with E-state index in [0.29, 0.717) is 10.2 Å². The Morgan fingerprint density at radius 3 is 2.67 bits per heavy atom. The summed E-state index contributed by atoms with van der Waals surface area (Å²) >= 11 is 8.47. The smallest absolute Gasteiger partial charge is 0.259 e. The van der Waals surface area contributed by atoms with Gasteiger partial charge < -0.3 is 0 Å². The Labute approximate surface area is 81.9 Å². The fourth-order valence-electron chi connectivity index (χ4n) is 0.715. The predicted molar refractivity (Wildman–Crippen MR) is 46.5 cm³/mol. The first-order valence-electron chi connectivity index (χ1n) is 3.13. The second kappa shape index (κ2) is 4.14. The number of alkyl halides is 3. The van der Waals surface area contributed by atoms with Gasteiger partial charge in [-0.25, -0.2) is 8.78 Å². The second-order valence-corrected chi connectivity index (χ2v) is 3.25. The molecule has 0 amide bonds. The van der Waals surface area contributed by atoms with E-state index >= 15 is 0 Å². The summed E-state index contributed by atoms with van der Waals surface area (Å²) in [5, 5.41) is 0. The molecule has 1 aromatic heterocycles. The van der Waals surface area contributed by atoms with E-state index in [1.807, 2.05) is 0 Å². The first-order chi connectivity index (χ1) is 5.65. The summed E-state index contributed by atoms with van der Waals surface area (Å²) in [6.45, 7) is 0. The minimum Gasteiger partial charge on any atom is -0.259 e. The van der Waals surface area contributed by atoms with Crippen molar-refractivity contribution in [2.45, 2.75) is 12.3 Å². The highest BCUT2D eigenvalue weighted by molar-refractivity contribution is 9.10. The van der Waals surface area contributed by atoms with Gasteiger partial charge in [-0.15, -0.1) is 11.6 Å². The summed E-state index contributed by atoms with van der Waals surface area (Å²) in [6.07, 6.45) is -1.37. The molecule has 0 radical (unpaired) electrons. The van der Waals surface area contributed by atoms with E-state index in [2.05, 4.69) is 20.9 Å². The van der Waals surface area contributed by atoms with Gasteiger partial charge in [-0.2, -0.15) is 0 Å². The maximum atomic E-state index is 12.2. The minimum atomic E-state index is -2.50. The number of hydrogen-bond acceptors (Lipinski definition) is 1. The van der Waals surface area contributed by atoms with Gasteiger partial charge in [-0.3, -0.25) is 4.98 Å². The number of pyridine rings is 1. The molecule has 0 aliphatic heterocycles. The zero-order valence-electron chi connectivity index (χ0n) is 5.90. The third kappa shape index (κ3) is 2.14. The standard InChI is InChI=1S/C7H5BrClF2N/c8-6-1-4(2-9)12-3-5(6)7(10)11/h1,3,7H,2H2. The monoisotopic (exact) mass is 255 g/mol. The van der Waals surface area contributed by atoms with Gasteiger partial charge in [0.2, 0.25) is 0 Å². The van der Waals surface area contributed by atoms with Crippen LogP contribution in [0.15, 0.2) is 16.7 Å². The van der Waals surface area contributed by atoms with E-state index in [-0.39, 0.29) is 11.4 Å². The van der Waals surface area contributed by atoms with E-state index in [1.54, 1.807) is 0 Å². The van der Waals surface area contributed by atoms with E-state index in [0.717, 1.165) is 6.20 Å². The normalized spacial score (nSPS) is 10.8. The predicted octanol–water partition coefficient (Wildman–Crippen LogP) is 3.52. The highest BCUT2D eigenvalue weighted by Crippen LogP contribution is 2.26. The van der Waals surface area contributed by atoms with E-state index < -0.39 is 6.43 Å². The molecule has 0 saturated heterocycles. The van der Waals surface area contributed by atoms with Gasteiger partial charge in [0.1, 0.15) is 0 Å². The highest BCUT2D eigenvalue weighted by atomic mass is 79.9. The molecular formula is C7H5BrClF2N. The molecular weight excluding hydrogens is 251 g/mol. The van der Waals surface area contributed by atoms with Crippen LogP contribution < -0.4 is 0 Å². The number of halogens is 4. The van der Waals surface area contributed by atoms with Gasteiger partial charge in [-0.05, 0) is 6.07 Å². The van der Waals surface area contributed by atoms with Crippen molar-refractivity contribution >= 4 is 27.5 Å². The Hall–Kier alpha value is -0.220. The topological polar surface area (TPSA) is 12.9 Å². The molecule has 0 fully saturated rings. The van der Waals surface area contributed by atoms with Crippen molar-refractivity contribution in [3.63, 3.8) is 0 Å². The van der Waals surface area contributed by atoms with Crippen LogP contribution in [0.25, 0.3) is 0 Å². The van der Waals surface area contributed by atoms with Crippen molar-refractivity contribution < 1.29 is 8.78 Å². The van der Waals surface area contributed by atoms with Crippen molar-refractivity contribution in [1.29, 1.82) is 0 Å². The molecule has 0 atom stereocenters. The molecule has 0 unspecified atom stereocenters. The molecule has 12 heavy (non-hydrogen) atoms. The Morgan fingerprint density at radius 2 is 2.25 bits per heavy atom. The molecule has 66 valence electrons. The molecule has 0 saturated carbocycles. The fourth-order valence-corrected chi connectivity index (χ4v) is 1.40. The molecule has 5 heteroatoms. The van der Waals surface area contributed by atoms with Crippen LogP contribution in [-0.2, 0) is 5.88 Å². The van der Waals surface area contributed by atoms with E-state index in [4.69, 9.17) is 11.6 Å². The third-order valence-corrected chi connectivity index (χ3v) is 2.27. The summed E-state index contributed by atoms with van der Waals surface area (Å²) in [4.78, 5) is 3.74. The van der Waals surface area contributed by atoms with Crippen molar-refractivity contribution in [3.8, 4) is 0 Å². The van der Waals surface area contributed by atoms with Crippen molar-refractivity contribution in [3.05, 3.63) is 28.0 Å². The molecule has 1 heterocycles. The Kier molecular flexibility index (Phi) is 3.40. The van der Waals surface area contributed by atoms with Crippen LogP contribution in [0.2, 0.25) is 0 Å². The molecule has 0 spiro atoms. The average molecular weight is 256 g/mol. The first kappa shape index (κ1) is 9.86. The summed E-state index contributed by atoms with van der Waals surface area (Å²) < 4.78 is 24.7. The quantitative estimate of drug-likeness (QED) is 0.738. The van der Waals surface area contributed by atoms with Crippen LogP contribution in [0, 0.1) is 0 Å². The van der Waals surface area contributed by atoms with Gasteiger partial charge in [-0.1, -0.05) is 15.9 Å². The average Bonchev–Trinajstić information content (AvgIpc) is 2.03. The molecule has 1 rings (SSSR count). The molecule has 0 N–H and O–H groups in total. The van der Waals surface area contributed by atoms with E-state index in [1.165, 1.54) is 6.07 Å². The second-order valence-electron chi connectivity index (χ2n) is 2.13. The zero-order valence-corrected chi connectivity index (χ0v) is 8.24. The van der Waals surface area contributed by atoms with Gasteiger partial charge >= 0.3 is 0 Å². The van der Waals surface area contributed by atoms with Crippen molar-refractivity contribution in [2.24, 2.45) is 0 Å². The van der Waals surface area contributed by atoms with Crippen LogP contribution in [0.5, 0.6) is 0 Å². The lowest BCUT2D eigenvalue weighted by molar-refractivity contribution is 0.150. The van der Waals surface area contributed by atoms with Crippen LogP contribution in [0.4, 0.5) is 8.78 Å². The van der Waals surface area contributed by atoms with Crippen molar-refractivity contribution in [2.75, 3.05) is 0 Å². The van der Waals surface area contributed by atoms with Gasteiger partial charge in [0.25, 0.3) is 6.43 Å². The third-order valence-electron chi connectivity index (χ3n) is 1.31. The maximum absolute atomic E-state index is 12.2. The van der Waals surface area contributed by atoms with Crippen LogP contribution >= 0.6 is 27.5 Å². The summed E-state index contributed by atoms with van der Waals surface area (Å²) in [5.74, 6) is 0.224. The number of aromatic nitrogens is 1. The Balaban J connectivity index is 3.03. The Morgan fingerprint density at radius 1 is 1.58 bits per heavy atom. The lowest BCUT2D eigenvalue weighted by Crippen LogP contribution is -1.91. The van der Waals surface area contributed by atoms with Crippen LogP contribution in [0.3, 0.4) is 0 Å². The van der Waals surface area contributed by atoms with Gasteiger partial charge in [0.05, 0.1) is 17.1 Å². The molecule has 0 aliphatic carbocycles. The zero-order chi connectivity index (χ0) is 9.14. The van der Waals surface area contributed by atoms with Gasteiger partial charge in [0.15, 0.2) is 0 Å². The van der Waals surface area contributed by atoms with Crippen LogP contribution in [0.1, 0.15) is 17.7 Å². The lowest BCUT2D eigenvalue weighted by Gasteiger charge is -2.02. The largest absolute Gasteiger partial charge is 0.266 e. The molecule has 1 nitrogen and oxygen atoms in total. The lowest BCUT2D eigenvalue weighted by atomic mass is 10.3. The summed E-state index contributed by atoms with van der Waals surface area (Å²) in [7, 11) is 0. The maximum Gasteiger partial charge on any atom is 0.266 e. The first-order valence-corrected chi connectivity index (χ1v) is 4.46. The van der Waals surface area contributed by atoms with Crippen LogP contribution in [-0.4, -0.2) is 4.98 Å². The molecule has 1 aromatic rings. The molecule has 0 aromatic carbocycles. The fraction of sp³-hybridized carbons (Fsp3) is 0.286. The molecule has 0 aliphatic rings. The Bertz CT molecular complexity index is 280. The number of rotatable bonds is 2. The molecule has 0 bridgehead atoms. The summed E-state index contributed by atoms with van der Waals surface area (Å²) in [6, 6.07) is 1.49. The number of hydrogen-bond donors (Lipinski definition) is 0. The SMILES string of the molecule is FC(F)c1cnc(CCl)cc1Br. The van der Waals surface area contributed by atoms with Crippen molar-refractivity contribution in [1.82, 2.24) is 4.98 Å². The van der Waals surface area contributed by atoms with E-state index in [9.17, 15) is 8.78 Å². The number of nitrogens with zero attached hydrogens (tertiary/aromatic N) is 1. The summed E-state index contributed by atoms with van der Waals surface area (Å²) in [5.41, 5.74) is 0.469. The minimum absolute atomic E-state index is 0.108.